The number of hydrogen-bond donors (Lipinski definition) is 3. The molecular formula is C41H53N5O9. The number of rotatable bonds is 17. The molecule has 2 aliphatic rings. The summed E-state index contributed by atoms with van der Waals surface area (Å²) in [6.45, 7) is 18.2. The van der Waals surface area contributed by atoms with Crippen molar-refractivity contribution in [3.05, 3.63) is 97.6 Å². The second kappa shape index (κ2) is 22.3. The highest BCUT2D eigenvalue weighted by molar-refractivity contribution is 6.09. The molecular weight excluding hydrogens is 706 g/mol. The molecule has 2 aromatic carbocycles. The smallest absolute Gasteiger partial charge is 0.342 e. The molecule has 3 unspecified atom stereocenters. The molecule has 3 atom stereocenters. The Balaban J connectivity index is 0.00000253. The molecule has 14 nitrogen and oxygen atoms in total. The van der Waals surface area contributed by atoms with Crippen LogP contribution in [0.15, 0.2) is 80.9 Å². The van der Waals surface area contributed by atoms with Crippen LogP contribution in [0, 0.1) is 11.3 Å². The lowest BCUT2D eigenvalue weighted by Gasteiger charge is -2.37. The molecule has 2 fully saturated rings. The van der Waals surface area contributed by atoms with Gasteiger partial charge in [0, 0.05) is 60.5 Å². The van der Waals surface area contributed by atoms with Crippen LogP contribution in [0.1, 0.15) is 98.4 Å². The van der Waals surface area contributed by atoms with Gasteiger partial charge in [-0.1, -0.05) is 63.2 Å². The van der Waals surface area contributed by atoms with E-state index in [-0.39, 0.29) is 55.6 Å². The number of imide groups is 1. The van der Waals surface area contributed by atoms with Gasteiger partial charge in [0.25, 0.3) is 17.7 Å². The van der Waals surface area contributed by atoms with E-state index in [2.05, 4.69) is 42.3 Å². The molecule has 0 radical (unpaired) electrons. The van der Waals surface area contributed by atoms with Crippen LogP contribution in [-0.4, -0.2) is 83.0 Å². The van der Waals surface area contributed by atoms with Crippen molar-refractivity contribution in [2.24, 2.45) is 11.3 Å². The predicted octanol–water partition coefficient (Wildman–Crippen LogP) is 4.26. The fourth-order valence-electron chi connectivity index (χ4n) is 6.16. The molecule has 0 spiro atoms. The van der Waals surface area contributed by atoms with Gasteiger partial charge in [0.15, 0.2) is 5.78 Å². The largest absolute Gasteiger partial charge is 0.355 e. The first-order valence-electron chi connectivity index (χ1n) is 18.2. The van der Waals surface area contributed by atoms with Crippen molar-refractivity contribution in [3.63, 3.8) is 0 Å². The van der Waals surface area contributed by atoms with Gasteiger partial charge < -0.3 is 25.7 Å². The summed E-state index contributed by atoms with van der Waals surface area (Å²) in [7, 11) is 0. The summed E-state index contributed by atoms with van der Waals surface area (Å²) >= 11 is 0. The summed E-state index contributed by atoms with van der Waals surface area (Å²) < 4.78 is 0. The van der Waals surface area contributed by atoms with Crippen LogP contribution in [0.25, 0.3) is 0 Å². The highest BCUT2D eigenvalue weighted by atomic mass is 16.7. The van der Waals surface area contributed by atoms with Crippen LogP contribution >= 0.6 is 0 Å². The lowest BCUT2D eigenvalue weighted by atomic mass is 9.78. The third-order valence-corrected chi connectivity index (χ3v) is 9.33. The lowest BCUT2D eigenvalue weighted by Crippen LogP contribution is -2.48. The van der Waals surface area contributed by atoms with Gasteiger partial charge in [-0.05, 0) is 43.7 Å². The Kier molecular flexibility index (Phi) is 18.4. The summed E-state index contributed by atoms with van der Waals surface area (Å²) in [4.78, 5) is 106. The van der Waals surface area contributed by atoms with Gasteiger partial charge in [0.1, 0.15) is 6.42 Å². The number of carbonyl (C=O) groups is 8. The molecule has 2 heterocycles. The summed E-state index contributed by atoms with van der Waals surface area (Å²) in [5.74, 6) is -3.97. The molecule has 2 saturated heterocycles. The van der Waals surface area contributed by atoms with Gasteiger partial charge in [-0.25, -0.2) is 4.79 Å². The van der Waals surface area contributed by atoms with Crippen molar-refractivity contribution in [1.82, 2.24) is 25.9 Å². The highest BCUT2D eigenvalue weighted by Crippen LogP contribution is 2.33. The predicted molar refractivity (Wildman–Crippen MR) is 206 cm³/mol. The zero-order valence-corrected chi connectivity index (χ0v) is 32.0. The first-order valence-corrected chi connectivity index (χ1v) is 18.2. The van der Waals surface area contributed by atoms with Crippen molar-refractivity contribution in [2.45, 2.75) is 78.2 Å². The topological polar surface area (TPSA) is 188 Å². The molecule has 2 aromatic rings. The SMILES string of the molecule is C=C.C=C.CCC(C)(CC(CC(C)CNC(=O)CC(=O)ON1C(=O)CCC1=O)N1CCCC1=O)C(=O)NCNC(=O)c1ccc(C(=O)c2ccccc2)cc1. The molecule has 3 N–H and O–H groups in total. The van der Waals surface area contributed by atoms with Crippen molar-refractivity contribution < 1.29 is 43.2 Å². The fraction of sp³-hybridized carbons (Fsp3) is 0.415. The summed E-state index contributed by atoms with van der Waals surface area (Å²) in [5.41, 5.74) is 0.424. The standard InChI is InChI=1S/C37H45N5O9.2C2H4/c1-4-37(3,36(50)40-23-39-35(49)27-14-12-26(13-15-27)34(48)25-9-6-5-7-10-25)21-28(41-18-8-11-30(41)44)19-24(2)22-38-29(43)20-33(47)51-42-31(45)16-17-32(42)46;2*1-2/h5-7,9-10,12-15,24,28H,4,8,11,16-23H2,1-3H3,(H,38,43)(H,39,49)(H,40,50);2*1-2H2. The zero-order valence-electron chi connectivity index (χ0n) is 32.0. The average Bonchev–Trinajstić information content (AvgIpc) is 3.78. The van der Waals surface area contributed by atoms with Gasteiger partial charge in [-0.3, -0.25) is 33.6 Å². The van der Waals surface area contributed by atoms with Crippen molar-refractivity contribution in [2.75, 3.05) is 19.8 Å². The molecule has 0 aliphatic carbocycles. The third-order valence-electron chi connectivity index (χ3n) is 9.33. The number of amides is 6. The molecule has 2 aliphatic heterocycles. The van der Waals surface area contributed by atoms with E-state index in [0.717, 1.165) is 0 Å². The number of hydroxylamine groups is 2. The second-order valence-corrected chi connectivity index (χ2v) is 13.3. The Hall–Kier alpha value is -5.92. The van der Waals surface area contributed by atoms with Gasteiger partial charge in [-0.15, -0.1) is 31.4 Å². The monoisotopic (exact) mass is 759 g/mol. The average molecular weight is 760 g/mol. The highest BCUT2D eigenvalue weighted by Gasteiger charge is 2.39. The van der Waals surface area contributed by atoms with Crippen molar-refractivity contribution in [3.8, 4) is 0 Å². The molecule has 0 aromatic heterocycles. The Bertz CT molecular complexity index is 1660. The van der Waals surface area contributed by atoms with Gasteiger partial charge in [-0.2, -0.15) is 0 Å². The number of nitrogens with zero attached hydrogens (tertiary/aromatic N) is 2. The lowest BCUT2D eigenvalue weighted by molar-refractivity contribution is -0.197. The van der Waals surface area contributed by atoms with E-state index in [0.29, 0.717) is 60.4 Å². The number of nitrogens with one attached hydrogen (secondary N) is 3. The van der Waals surface area contributed by atoms with Crippen LogP contribution in [-0.2, 0) is 33.6 Å². The van der Waals surface area contributed by atoms with Crippen LogP contribution in [0.5, 0.6) is 0 Å². The third kappa shape index (κ3) is 13.2. The van der Waals surface area contributed by atoms with E-state index in [9.17, 15) is 38.4 Å². The van der Waals surface area contributed by atoms with E-state index >= 15 is 0 Å². The van der Waals surface area contributed by atoms with E-state index in [1.807, 2.05) is 26.8 Å². The summed E-state index contributed by atoms with van der Waals surface area (Å²) in [5, 5.41) is 8.55. The first kappa shape index (κ1) is 45.2. The van der Waals surface area contributed by atoms with E-state index in [1.54, 1.807) is 53.4 Å². The molecule has 4 rings (SSSR count). The molecule has 14 heteroatoms. The zero-order chi connectivity index (χ0) is 41.1. The number of carbonyl (C=O) groups excluding carboxylic acids is 8. The molecule has 0 bridgehead atoms. The van der Waals surface area contributed by atoms with Gasteiger partial charge >= 0.3 is 5.97 Å². The first-order chi connectivity index (χ1) is 26.3. The van der Waals surface area contributed by atoms with Crippen LogP contribution in [0.2, 0.25) is 0 Å². The Morgan fingerprint density at radius 3 is 1.95 bits per heavy atom. The summed E-state index contributed by atoms with van der Waals surface area (Å²) in [6, 6.07) is 14.8. The summed E-state index contributed by atoms with van der Waals surface area (Å²) in [6.07, 6.45) is 1.59. The normalized spacial score (nSPS) is 15.6. The van der Waals surface area contributed by atoms with Crippen LogP contribution in [0.3, 0.4) is 0 Å². The maximum absolute atomic E-state index is 13.5. The molecule has 55 heavy (non-hydrogen) atoms. The fourth-order valence-corrected chi connectivity index (χ4v) is 6.16. The maximum Gasteiger partial charge on any atom is 0.342 e. The van der Waals surface area contributed by atoms with E-state index in [1.165, 1.54) is 0 Å². The second-order valence-electron chi connectivity index (χ2n) is 13.3. The molecule has 0 saturated carbocycles. The van der Waals surface area contributed by atoms with Crippen LogP contribution < -0.4 is 16.0 Å². The number of likely N-dealkylation sites (tertiary alicyclic amines) is 1. The van der Waals surface area contributed by atoms with E-state index < -0.39 is 41.4 Å². The maximum atomic E-state index is 13.5. The van der Waals surface area contributed by atoms with Crippen LogP contribution in [0.4, 0.5) is 0 Å². The molecule has 6 amide bonds. The van der Waals surface area contributed by atoms with Crippen molar-refractivity contribution >= 4 is 47.2 Å². The Morgan fingerprint density at radius 1 is 0.800 bits per heavy atom. The molecule has 296 valence electrons. The Labute approximate surface area is 322 Å². The minimum absolute atomic E-state index is 0.00685. The minimum atomic E-state index is -1.03. The van der Waals surface area contributed by atoms with E-state index in [4.69, 9.17) is 4.84 Å². The van der Waals surface area contributed by atoms with Crippen molar-refractivity contribution in [1.29, 1.82) is 0 Å². The minimum Gasteiger partial charge on any atom is -0.355 e. The van der Waals surface area contributed by atoms with Gasteiger partial charge in [0.2, 0.25) is 17.7 Å². The number of hydrogen-bond acceptors (Lipinski definition) is 9. The number of ketones is 1. The van der Waals surface area contributed by atoms with Gasteiger partial charge in [0.05, 0.1) is 6.67 Å². The Morgan fingerprint density at radius 2 is 1.38 bits per heavy atom. The quantitative estimate of drug-likeness (QED) is 0.0696. The number of benzene rings is 2.